The summed E-state index contributed by atoms with van der Waals surface area (Å²) in [5, 5.41) is 1.20. The van der Waals surface area contributed by atoms with Crippen molar-refractivity contribution < 1.29 is 14.3 Å². The summed E-state index contributed by atoms with van der Waals surface area (Å²) in [5.74, 6) is 0.301. The molecule has 2 aromatic rings. The predicted molar refractivity (Wildman–Crippen MR) is 111 cm³/mol. The van der Waals surface area contributed by atoms with Crippen LogP contribution < -0.4 is 0 Å². The van der Waals surface area contributed by atoms with Crippen LogP contribution in [0, 0.1) is 6.92 Å². The van der Waals surface area contributed by atoms with Gasteiger partial charge in [0.25, 0.3) is 0 Å². The number of likely N-dealkylation sites (tertiary alicyclic amines) is 1. The van der Waals surface area contributed by atoms with Gasteiger partial charge in [0, 0.05) is 62.2 Å². The Balaban J connectivity index is 1.88. The molecule has 0 saturated carbocycles. The summed E-state index contributed by atoms with van der Waals surface area (Å²) in [7, 11) is 1.74. The number of ether oxygens (including phenoxy) is 2. The molecule has 6 nitrogen and oxygen atoms in total. The molecule has 0 radical (unpaired) electrons. The third kappa shape index (κ3) is 4.66. The summed E-state index contributed by atoms with van der Waals surface area (Å²) in [4.78, 5) is 18.9. The van der Waals surface area contributed by atoms with Gasteiger partial charge in [0.1, 0.15) is 5.60 Å². The van der Waals surface area contributed by atoms with E-state index in [1.807, 2.05) is 31.9 Å². The Bertz CT molecular complexity index is 822. The van der Waals surface area contributed by atoms with E-state index in [-0.39, 0.29) is 6.09 Å². The van der Waals surface area contributed by atoms with Gasteiger partial charge >= 0.3 is 6.09 Å². The number of rotatable bonds is 5. The van der Waals surface area contributed by atoms with Crippen molar-refractivity contribution in [2.45, 2.75) is 65.0 Å². The maximum absolute atomic E-state index is 12.6. The molecule has 1 aliphatic heterocycles. The van der Waals surface area contributed by atoms with E-state index in [1.54, 1.807) is 7.11 Å². The summed E-state index contributed by atoms with van der Waals surface area (Å²) in [6.07, 6.45) is 4.68. The number of aromatic nitrogens is 2. The molecule has 154 valence electrons. The van der Waals surface area contributed by atoms with Crippen LogP contribution in [-0.2, 0) is 16.0 Å². The highest BCUT2D eigenvalue weighted by molar-refractivity contribution is 5.83. The maximum atomic E-state index is 12.6. The molecule has 6 heteroatoms. The van der Waals surface area contributed by atoms with Gasteiger partial charge in [-0.1, -0.05) is 0 Å². The van der Waals surface area contributed by atoms with Gasteiger partial charge in [-0.2, -0.15) is 0 Å². The van der Waals surface area contributed by atoms with Crippen LogP contribution >= 0.6 is 0 Å². The minimum atomic E-state index is -0.470. The number of methoxy groups -OCH3 is 1. The van der Waals surface area contributed by atoms with Crippen LogP contribution in [0.15, 0.2) is 18.3 Å². The number of fused-ring (bicyclic) bond motifs is 1. The monoisotopic (exact) mass is 387 g/mol. The SMILES string of the molecule is COCCCn1c(C2CCCN(C(=O)OC(C)(C)C)C2)cc2c(C)nccc21. The quantitative estimate of drug-likeness (QED) is 0.709. The van der Waals surface area contributed by atoms with E-state index in [2.05, 4.69) is 28.6 Å². The lowest BCUT2D eigenvalue weighted by atomic mass is 9.94. The summed E-state index contributed by atoms with van der Waals surface area (Å²) in [5.41, 5.74) is 3.08. The molecule has 0 aliphatic carbocycles. The van der Waals surface area contributed by atoms with Gasteiger partial charge in [-0.15, -0.1) is 0 Å². The van der Waals surface area contributed by atoms with Crippen molar-refractivity contribution in [3.8, 4) is 0 Å². The fourth-order valence-corrected chi connectivity index (χ4v) is 4.01. The molecule has 3 heterocycles. The van der Waals surface area contributed by atoms with E-state index in [9.17, 15) is 4.79 Å². The van der Waals surface area contributed by atoms with Gasteiger partial charge < -0.3 is 18.9 Å². The van der Waals surface area contributed by atoms with E-state index in [4.69, 9.17) is 9.47 Å². The number of pyridine rings is 1. The number of nitrogens with zero attached hydrogens (tertiary/aromatic N) is 3. The van der Waals surface area contributed by atoms with Crippen LogP contribution in [0.5, 0.6) is 0 Å². The van der Waals surface area contributed by atoms with Crippen molar-refractivity contribution >= 4 is 17.0 Å². The van der Waals surface area contributed by atoms with Crippen molar-refractivity contribution in [3.05, 3.63) is 29.7 Å². The first-order chi connectivity index (χ1) is 13.3. The number of aryl methyl sites for hydroxylation is 2. The minimum absolute atomic E-state index is 0.211. The normalized spacial score (nSPS) is 17.9. The molecule has 0 N–H and O–H groups in total. The fourth-order valence-electron chi connectivity index (χ4n) is 4.01. The van der Waals surface area contributed by atoms with Crippen LogP contribution in [0.1, 0.15) is 57.3 Å². The second-order valence-electron chi connectivity index (χ2n) is 8.66. The predicted octanol–water partition coefficient (Wildman–Crippen LogP) is 4.50. The highest BCUT2D eigenvalue weighted by atomic mass is 16.6. The smallest absolute Gasteiger partial charge is 0.410 e. The van der Waals surface area contributed by atoms with E-state index in [1.165, 1.54) is 16.6 Å². The molecule has 1 amide bonds. The average molecular weight is 388 g/mol. The van der Waals surface area contributed by atoms with E-state index in [0.29, 0.717) is 12.5 Å². The van der Waals surface area contributed by atoms with E-state index >= 15 is 0 Å². The van der Waals surface area contributed by atoms with Crippen LogP contribution in [0.25, 0.3) is 10.9 Å². The number of amides is 1. The van der Waals surface area contributed by atoms with Gasteiger partial charge in [0.2, 0.25) is 0 Å². The first kappa shape index (κ1) is 20.6. The lowest BCUT2D eigenvalue weighted by Crippen LogP contribution is -2.42. The summed E-state index contributed by atoms with van der Waals surface area (Å²) >= 11 is 0. The van der Waals surface area contributed by atoms with Gasteiger partial charge in [-0.05, 0) is 59.1 Å². The topological polar surface area (TPSA) is 56.6 Å². The van der Waals surface area contributed by atoms with Crippen molar-refractivity contribution in [2.75, 3.05) is 26.8 Å². The Hall–Kier alpha value is -2.08. The second-order valence-corrected chi connectivity index (χ2v) is 8.66. The number of carbonyl (C=O) groups is 1. The van der Waals surface area contributed by atoms with Crippen LogP contribution in [0.2, 0.25) is 0 Å². The standard InChI is InChI=1S/C22H33N3O3/c1-16-18-14-20(25(12-7-13-27-5)19(18)9-10-23-16)17-8-6-11-24(15-17)21(26)28-22(2,3)4/h9-10,14,17H,6-8,11-13,15H2,1-5H3. The third-order valence-electron chi connectivity index (χ3n) is 5.28. The van der Waals surface area contributed by atoms with E-state index < -0.39 is 5.60 Å². The van der Waals surface area contributed by atoms with Gasteiger partial charge in [0.15, 0.2) is 0 Å². The first-order valence-electron chi connectivity index (χ1n) is 10.2. The molecular weight excluding hydrogens is 354 g/mol. The molecule has 1 atom stereocenters. The number of hydrogen-bond acceptors (Lipinski definition) is 4. The Kier molecular flexibility index (Phi) is 6.28. The number of hydrogen-bond donors (Lipinski definition) is 0. The molecule has 28 heavy (non-hydrogen) atoms. The Labute approximate surface area is 167 Å². The van der Waals surface area contributed by atoms with Crippen molar-refractivity contribution in [1.82, 2.24) is 14.5 Å². The van der Waals surface area contributed by atoms with Crippen molar-refractivity contribution in [2.24, 2.45) is 0 Å². The Morgan fingerprint density at radius 3 is 2.86 bits per heavy atom. The molecule has 0 aromatic carbocycles. The Morgan fingerprint density at radius 2 is 2.14 bits per heavy atom. The van der Waals surface area contributed by atoms with Crippen molar-refractivity contribution in [3.63, 3.8) is 0 Å². The number of piperidine rings is 1. The Morgan fingerprint density at radius 1 is 1.36 bits per heavy atom. The van der Waals surface area contributed by atoms with Gasteiger partial charge in [-0.3, -0.25) is 4.98 Å². The minimum Gasteiger partial charge on any atom is -0.444 e. The zero-order chi connectivity index (χ0) is 20.3. The maximum Gasteiger partial charge on any atom is 0.410 e. The highest BCUT2D eigenvalue weighted by Gasteiger charge is 2.30. The first-order valence-corrected chi connectivity index (χ1v) is 10.2. The fraction of sp³-hybridized carbons (Fsp3) is 0.636. The molecule has 1 saturated heterocycles. The molecule has 2 aromatic heterocycles. The molecule has 1 unspecified atom stereocenters. The number of carbonyl (C=O) groups excluding carboxylic acids is 1. The summed E-state index contributed by atoms with van der Waals surface area (Å²) in [6, 6.07) is 4.36. The molecule has 1 fully saturated rings. The summed E-state index contributed by atoms with van der Waals surface area (Å²) in [6.45, 7) is 10.9. The molecular formula is C22H33N3O3. The van der Waals surface area contributed by atoms with Crippen LogP contribution in [0.3, 0.4) is 0 Å². The van der Waals surface area contributed by atoms with Crippen LogP contribution in [-0.4, -0.2) is 53.0 Å². The lowest BCUT2D eigenvalue weighted by Gasteiger charge is -2.34. The highest BCUT2D eigenvalue weighted by Crippen LogP contribution is 2.33. The molecule has 1 aliphatic rings. The van der Waals surface area contributed by atoms with Crippen LogP contribution in [0.4, 0.5) is 4.79 Å². The zero-order valence-corrected chi connectivity index (χ0v) is 17.8. The average Bonchev–Trinajstić information content (AvgIpc) is 3.01. The zero-order valence-electron chi connectivity index (χ0n) is 17.8. The second kappa shape index (κ2) is 8.52. The largest absolute Gasteiger partial charge is 0.444 e. The molecule has 3 rings (SSSR count). The third-order valence-corrected chi connectivity index (χ3v) is 5.28. The summed E-state index contributed by atoms with van der Waals surface area (Å²) < 4.78 is 13.3. The molecule has 0 bridgehead atoms. The molecule has 0 spiro atoms. The lowest BCUT2D eigenvalue weighted by molar-refractivity contribution is 0.0196. The van der Waals surface area contributed by atoms with E-state index in [0.717, 1.165) is 44.7 Å². The van der Waals surface area contributed by atoms with Crippen molar-refractivity contribution in [1.29, 1.82) is 0 Å². The van der Waals surface area contributed by atoms with Gasteiger partial charge in [-0.25, -0.2) is 4.79 Å². The van der Waals surface area contributed by atoms with Gasteiger partial charge in [0.05, 0.1) is 5.52 Å².